The Morgan fingerprint density at radius 3 is 2.79 bits per heavy atom. The maximum Gasteiger partial charge on any atom is 0.235 e. The van der Waals surface area contributed by atoms with Crippen molar-refractivity contribution in [2.75, 3.05) is 5.88 Å². The van der Waals surface area contributed by atoms with E-state index in [2.05, 4.69) is 21.2 Å². The van der Waals surface area contributed by atoms with Gasteiger partial charge in [0, 0.05) is 11.0 Å². The predicted octanol–water partition coefficient (Wildman–Crippen LogP) is 2.44. The van der Waals surface area contributed by atoms with Gasteiger partial charge in [-0.15, -0.1) is 11.6 Å². The first-order chi connectivity index (χ1) is 6.61. The third kappa shape index (κ3) is 3.64. The van der Waals surface area contributed by atoms with Crippen molar-refractivity contribution in [3.63, 3.8) is 0 Å². The molecule has 0 spiro atoms. The van der Waals surface area contributed by atoms with Crippen molar-refractivity contribution in [3.05, 3.63) is 34.1 Å². The summed E-state index contributed by atoms with van der Waals surface area (Å²) in [4.78, 5) is 10.8. The summed E-state index contributed by atoms with van der Waals surface area (Å²) < 4.78 is 13.5. The minimum atomic E-state index is -0.338. The molecule has 5 heteroatoms. The quantitative estimate of drug-likeness (QED) is 0.847. The van der Waals surface area contributed by atoms with E-state index in [0.29, 0.717) is 10.0 Å². The maximum absolute atomic E-state index is 12.9. The zero-order valence-corrected chi connectivity index (χ0v) is 9.53. The van der Waals surface area contributed by atoms with Gasteiger partial charge in [0.15, 0.2) is 0 Å². The highest BCUT2D eigenvalue weighted by atomic mass is 79.9. The molecule has 0 aliphatic heterocycles. The van der Waals surface area contributed by atoms with Gasteiger partial charge in [-0.25, -0.2) is 4.39 Å². The number of hydrogen-bond donors (Lipinski definition) is 1. The standard InChI is InChI=1S/C9H8BrClFNO/c10-7-1-6(2-8(12)3-7)5-13-9(14)4-11/h1-3H,4-5H2,(H,13,14). The van der Waals surface area contributed by atoms with Gasteiger partial charge in [-0.1, -0.05) is 15.9 Å². The lowest BCUT2D eigenvalue weighted by Crippen LogP contribution is -2.23. The van der Waals surface area contributed by atoms with E-state index in [4.69, 9.17) is 11.6 Å². The largest absolute Gasteiger partial charge is 0.351 e. The van der Waals surface area contributed by atoms with Gasteiger partial charge in [-0.05, 0) is 23.8 Å². The van der Waals surface area contributed by atoms with Gasteiger partial charge in [-0.3, -0.25) is 4.79 Å². The molecule has 0 fully saturated rings. The number of rotatable bonds is 3. The molecule has 2 nitrogen and oxygen atoms in total. The van der Waals surface area contributed by atoms with Gasteiger partial charge < -0.3 is 5.32 Å². The number of carbonyl (C=O) groups excluding carboxylic acids is 1. The summed E-state index contributed by atoms with van der Waals surface area (Å²) in [6.45, 7) is 0.280. The minimum absolute atomic E-state index is 0.0868. The van der Waals surface area contributed by atoms with Gasteiger partial charge in [0.1, 0.15) is 11.7 Å². The first-order valence-corrected chi connectivity index (χ1v) is 5.22. The van der Waals surface area contributed by atoms with Crippen molar-refractivity contribution >= 4 is 33.4 Å². The number of halogens is 3. The van der Waals surface area contributed by atoms with Crippen LogP contribution < -0.4 is 5.32 Å². The first-order valence-electron chi connectivity index (χ1n) is 3.89. The summed E-state index contributed by atoms with van der Waals surface area (Å²) in [5, 5.41) is 2.54. The lowest BCUT2D eigenvalue weighted by Gasteiger charge is -2.03. The van der Waals surface area contributed by atoms with Gasteiger partial charge in [0.05, 0.1) is 0 Å². The summed E-state index contributed by atoms with van der Waals surface area (Å²) >= 11 is 8.44. The molecule has 0 radical (unpaired) electrons. The predicted molar refractivity (Wildman–Crippen MR) is 56.7 cm³/mol. The highest BCUT2D eigenvalue weighted by Crippen LogP contribution is 2.14. The summed E-state index contributed by atoms with van der Waals surface area (Å²) in [6.07, 6.45) is 0. The van der Waals surface area contributed by atoms with Crippen molar-refractivity contribution in [2.24, 2.45) is 0 Å². The third-order valence-electron chi connectivity index (χ3n) is 1.53. The molecule has 0 bridgehead atoms. The van der Waals surface area contributed by atoms with Crippen LogP contribution in [0.15, 0.2) is 22.7 Å². The van der Waals surface area contributed by atoms with E-state index in [-0.39, 0.29) is 24.1 Å². The van der Waals surface area contributed by atoms with Crippen molar-refractivity contribution in [1.29, 1.82) is 0 Å². The molecular weight excluding hydrogens is 272 g/mol. The summed E-state index contributed by atoms with van der Waals surface area (Å²) in [6, 6.07) is 4.45. The van der Waals surface area contributed by atoms with Crippen molar-refractivity contribution in [3.8, 4) is 0 Å². The summed E-state index contributed by atoms with van der Waals surface area (Å²) in [5.41, 5.74) is 0.690. The fourth-order valence-electron chi connectivity index (χ4n) is 0.961. The molecule has 0 aliphatic carbocycles. The molecule has 1 rings (SSSR count). The Hall–Kier alpha value is -0.610. The van der Waals surface area contributed by atoms with Crippen LogP contribution in [0.3, 0.4) is 0 Å². The average Bonchev–Trinajstić information content (AvgIpc) is 2.12. The van der Waals surface area contributed by atoms with Gasteiger partial charge in [-0.2, -0.15) is 0 Å². The summed E-state index contributed by atoms with van der Waals surface area (Å²) in [7, 11) is 0. The molecule has 0 heterocycles. The molecule has 0 aliphatic rings. The number of nitrogens with one attached hydrogen (secondary N) is 1. The summed E-state index contributed by atoms with van der Waals surface area (Å²) in [5.74, 6) is -0.696. The Morgan fingerprint density at radius 2 is 2.21 bits per heavy atom. The Morgan fingerprint density at radius 1 is 1.50 bits per heavy atom. The smallest absolute Gasteiger partial charge is 0.235 e. The van der Waals surface area contributed by atoms with Crippen LogP contribution in [0.1, 0.15) is 5.56 Å². The topological polar surface area (TPSA) is 29.1 Å². The molecule has 0 aromatic heterocycles. The highest BCUT2D eigenvalue weighted by molar-refractivity contribution is 9.10. The minimum Gasteiger partial charge on any atom is -0.351 e. The Labute approximate surface area is 94.6 Å². The second-order valence-electron chi connectivity index (χ2n) is 2.69. The van der Waals surface area contributed by atoms with Crippen molar-refractivity contribution in [1.82, 2.24) is 5.32 Å². The van der Waals surface area contributed by atoms with Crippen LogP contribution >= 0.6 is 27.5 Å². The average molecular weight is 281 g/mol. The molecule has 0 saturated carbocycles. The van der Waals surface area contributed by atoms with Gasteiger partial charge in [0.2, 0.25) is 5.91 Å². The van der Waals surface area contributed by atoms with E-state index in [0.717, 1.165) is 0 Å². The number of carbonyl (C=O) groups is 1. The maximum atomic E-state index is 12.9. The van der Waals surface area contributed by atoms with E-state index >= 15 is 0 Å². The molecule has 1 aromatic rings. The molecule has 0 atom stereocenters. The van der Waals surface area contributed by atoms with Crippen molar-refractivity contribution in [2.45, 2.75) is 6.54 Å². The van der Waals surface area contributed by atoms with E-state index < -0.39 is 0 Å². The zero-order valence-electron chi connectivity index (χ0n) is 7.19. The lowest BCUT2D eigenvalue weighted by atomic mass is 10.2. The van der Waals surface area contributed by atoms with Gasteiger partial charge in [0.25, 0.3) is 0 Å². The monoisotopic (exact) mass is 279 g/mol. The van der Waals surface area contributed by atoms with Crippen LogP contribution in [0.25, 0.3) is 0 Å². The lowest BCUT2D eigenvalue weighted by molar-refractivity contribution is -0.118. The van der Waals surface area contributed by atoms with Crippen LogP contribution in [0.2, 0.25) is 0 Å². The molecule has 0 saturated heterocycles. The molecule has 1 N–H and O–H groups in total. The van der Waals surface area contributed by atoms with Crippen LogP contribution in [-0.4, -0.2) is 11.8 Å². The molecule has 76 valence electrons. The van der Waals surface area contributed by atoms with Gasteiger partial charge >= 0.3 is 0 Å². The highest BCUT2D eigenvalue weighted by Gasteiger charge is 2.01. The van der Waals surface area contributed by atoms with E-state index in [9.17, 15) is 9.18 Å². The zero-order chi connectivity index (χ0) is 10.6. The molecule has 0 unspecified atom stereocenters. The van der Waals surface area contributed by atoms with Crippen LogP contribution in [-0.2, 0) is 11.3 Å². The SMILES string of the molecule is O=C(CCl)NCc1cc(F)cc(Br)c1. The number of alkyl halides is 1. The molecule has 1 amide bonds. The van der Waals surface area contributed by atoms with E-state index in [1.165, 1.54) is 12.1 Å². The second-order valence-corrected chi connectivity index (χ2v) is 3.87. The Kier molecular flexibility index (Phi) is 4.35. The van der Waals surface area contributed by atoms with E-state index in [1.54, 1.807) is 6.07 Å². The number of benzene rings is 1. The second kappa shape index (κ2) is 5.32. The van der Waals surface area contributed by atoms with Crippen LogP contribution in [0.5, 0.6) is 0 Å². The van der Waals surface area contributed by atoms with E-state index in [1.807, 2.05) is 0 Å². The Bertz CT molecular complexity index is 325. The normalized spacial score (nSPS) is 9.93. The third-order valence-corrected chi connectivity index (χ3v) is 2.23. The number of amides is 1. The van der Waals surface area contributed by atoms with Crippen LogP contribution in [0, 0.1) is 5.82 Å². The van der Waals surface area contributed by atoms with Crippen molar-refractivity contribution < 1.29 is 9.18 Å². The fourth-order valence-corrected chi connectivity index (χ4v) is 1.57. The number of hydrogen-bond acceptors (Lipinski definition) is 1. The Balaban J connectivity index is 2.63. The molecule has 1 aromatic carbocycles. The molecular formula is C9H8BrClFNO. The molecule has 14 heavy (non-hydrogen) atoms. The first kappa shape index (κ1) is 11.5. The fraction of sp³-hybridized carbons (Fsp3) is 0.222. The van der Waals surface area contributed by atoms with Crippen LogP contribution in [0.4, 0.5) is 4.39 Å².